The molecule has 1 amide bonds. The van der Waals surface area contributed by atoms with E-state index in [1.165, 1.54) is 17.9 Å². The van der Waals surface area contributed by atoms with E-state index in [2.05, 4.69) is 33.0 Å². The smallest absolute Gasteiger partial charge is 0.302 e. The summed E-state index contributed by atoms with van der Waals surface area (Å²) in [6, 6.07) is 7.19. The van der Waals surface area contributed by atoms with Gasteiger partial charge in [0.15, 0.2) is 0 Å². The summed E-state index contributed by atoms with van der Waals surface area (Å²) in [5, 5.41) is 4.28. The molecule has 6 nitrogen and oxygen atoms in total. The van der Waals surface area contributed by atoms with Gasteiger partial charge in [-0.15, -0.1) is 0 Å². The van der Waals surface area contributed by atoms with Gasteiger partial charge in [-0.2, -0.15) is 0 Å². The highest BCUT2D eigenvalue weighted by Gasteiger charge is 2.38. The molecule has 0 bridgehead atoms. The number of amides is 1. The van der Waals surface area contributed by atoms with Gasteiger partial charge in [0.05, 0.1) is 6.54 Å². The van der Waals surface area contributed by atoms with E-state index in [1.807, 2.05) is 12.1 Å². The normalized spacial score (nSPS) is 18.0. The van der Waals surface area contributed by atoms with Gasteiger partial charge in [0, 0.05) is 36.0 Å². The minimum atomic E-state index is -0.372. The molecule has 2 aromatic rings. The largest absolute Gasteiger partial charge is 0.464 e. The fraction of sp³-hybridized carbons (Fsp3) is 0.560. The summed E-state index contributed by atoms with van der Waals surface area (Å²) in [6.45, 7) is 10.9. The number of ether oxygens (including phenoxy) is 1. The minimum absolute atomic E-state index is 0.00923. The average Bonchev–Trinajstić information content (AvgIpc) is 2.61. The number of esters is 1. The minimum Gasteiger partial charge on any atom is -0.464 e. The summed E-state index contributed by atoms with van der Waals surface area (Å²) in [5.41, 5.74) is 0.963. The van der Waals surface area contributed by atoms with E-state index in [0.29, 0.717) is 28.8 Å². The lowest BCUT2D eigenvalue weighted by atomic mass is 9.61. The maximum Gasteiger partial charge on any atom is 0.302 e. The summed E-state index contributed by atoms with van der Waals surface area (Å²) >= 11 is 0. The van der Waals surface area contributed by atoms with Crippen molar-refractivity contribution in [2.24, 2.45) is 16.7 Å². The monoisotopic (exact) mass is 426 g/mol. The molecule has 1 fully saturated rings. The Morgan fingerprint density at radius 3 is 2.42 bits per heavy atom. The zero-order valence-corrected chi connectivity index (χ0v) is 19.3. The second-order valence-corrected chi connectivity index (χ2v) is 10.5. The lowest BCUT2D eigenvalue weighted by Crippen LogP contribution is -2.35. The van der Waals surface area contributed by atoms with Crippen molar-refractivity contribution in [3.8, 4) is 0 Å². The summed E-state index contributed by atoms with van der Waals surface area (Å²) in [5.74, 6) is -0.0270. The molecule has 0 unspecified atom stereocenters. The Balaban J connectivity index is 1.74. The number of aromatic nitrogens is 1. The Labute approximate surface area is 184 Å². The molecule has 0 spiro atoms. The van der Waals surface area contributed by atoms with Gasteiger partial charge < -0.3 is 14.6 Å². The fourth-order valence-electron chi connectivity index (χ4n) is 5.57. The molecule has 0 saturated heterocycles. The Hall–Kier alpha value is -2.63. The molecule has 1 aromatic carbocycles. The number of fused-ring (bicyclic) bond motifs is 1. The number of nitrogens with one attached hydrogen (secondary N) is 1. The van der Waals surface area contributed by atoms with Gasteiger partial charge in [-0.25, -0.2) is 0 Å². The standard InChI is InChI=1S/C25H34N2O4/c1-17(28)31-12-11-27-10-9-19-20(23(27)30)7-6-8-21(19)26-22(29)13-18-14-24(2,3)16-25(4,5)15-18/h6-10,18H,11-16H2,1-5H3,(H,26,29). The molecule has 3 rings (SSSR count). The van der Waals surface area contributed by atoms with Crippen molar-refractivity contribution >= 4 is 28.3 Å². The van der Waals surface area contributed by atoms with Crippen molar-refractivity contribution in [1.82, 2.24) is 4.57 Å². The number of carbonyl (C=O) groups is 2. The van der Waals surface area contributed by atoms with Crippen molar-refractivity contribution < 1.29 is 14.3 Å². The van der Waals surface area contributed by atoms with E-state index in [4.69, 9.17) is 4.74 Å². The highest BCUT2D eigenvalue weighted by Crippen LogP contribution is 2.49. The number of carbonyl (C=O) groups excluding carboxylic acids is 2. The molecule has 0 atom stereocenters. The number of hydrogen-bond donors (Lipinski definition) is 1. The predicted molar refractivity (Wildman–Crippen MR) is 123 cm³/mol. The molecule has 0 radical (unpaired) electrons. The van der Waals surface area contributed by atoms with Gasteiger partial charge in [0.2, 0.25) is 5.91 Å². The quantitative estimate of drug-likeness (QED) is 0.677. The highest BCUT2D eigenvalue weighted by molar-refractivity contribution is 6.01. The Bertz CT molecular complexity index is 1020. The van der Waals surface area contributed by atoms with E-state index in [-0.39, 0.29) is 41.4 Å². The molecule has 31 heavy (non-hydrogen) atoms. The number of hydrogen-bond acceptors (Lipinski definition) is 4. The molecule has 6 heteroatoms. The molecular formula is C25H34N2O4. The first-order valence-corrected chi connectivity index (χ1v) is 11.0. The molecule has 1 aliphatic carbocycles. The van der Waals surface area contributed by atoms with Crippen LogP contribution in [0.2, 0.25) is 0 Å². The molecule has 1 heterocycles. The van der Waals surface area contributed by atoms with E-state index in [1.54, 1.807) is 18.3 Å². The van der Waals surface area contributed by atoms with Crippen molar-refractivity contribution in [3.05, 3.63) is 40.8 Å². The Morgan fingerprint density at radius 1 is 1.10 bits per heavy atom. The summed E-state index contributed by atoms with van der Waals surface area (Å²) in [7, 11) is 0. The average molecular weight is 427 g/mol. The SMILES string of the molecule is CC(=O)OCCn1ccc2c(NC(=O)CC3CC(C)(C)CC(C)(C)C3)cccc2c1=O. The van der Waals surface area contributed by atoms with E-state index in [0.717, 1.165) is 12.8 Å². The Morgan fingerprint density at radius 2 is 1.77 bits per heavy atom. The van der Waals surface area contributed by atoms with Crippen LogP contribution in [0.3, 0.4) is 0 Å². The Kier molecular flexibility index (Phi) is 6.58. The fourth-order valence-corrected chi connectivity index (χ4v) is 5.57. The van der Waals surface area contributed by atoms with E-state index < -0.39 is 0 Å². The van der Waals surface area contributed by atoms with Crippen molar-refractivity contribution in [2.75, 3.05) is 11.9 Å². The van der Waals surface area contributed by atoms with Crippen LogP contribution < -0.4 is 10.9 Å². The highest BCUT2D eigenvalue weighted by atomic mass is 16.5. The first-order chi connectivity index (χ1) is 14.5. The third-order valence-electron chi connectivity index (χ3n) is 6.04. The first-order valence-electron chi connectivity index (χ1n) is 11.0. The zero-order valence-electron chi connectivity index (χ0n) is 19.3. The zero-order chi connectivity index (χ0) is 22.8. The molecule has 0 aliphatic heterocycles. The van der Waals surface area contributed by atoms with Crippen molar-refractivity contribution in [1.29, 1.82) is 0 Å². The van der Waals surface area contributed by atoms with E-state index in [9.17, 15) is 14.4 Å². The van der Waals surface area contributed by atoms with Gasteiger partial charge in [-0.3, -0.25) is 14.4 Å². The lowest BCUT2D eigenvalue weighted by molar-refractivity contribution is -0.141. The van der Waals surface area contributed by atoms with Crippen LogP contribution in [0.25, 0.3) is 10.8 Å². The molecular weight excluding hydrogens is 392 g/mol. The first kappa shape index (κ1) is 23.0. The summed E-state index contributed by atoms with van der Waals surface area (Å²) < 4.78 is 6.45. The van der Waals surface area contributed by atoms with Crippen LogP contribution in [0.4, 0.5) is 5.69 Å². The van der Waals surface area contributed by atoms with Crippen LogP contribution in [-0.4, -0.2) is 23.1 Å². The van der Waals surface area contributed by atoms with Gasteiger partial charge in [-0.1, -0.05) is 33.8 Å². The lowest BCUT2D eigenvalue weighted by Gasteiger charge is -2.45. The second-order valence-electron chi connectivity index (χ2n) is 10.5. The van der Waals surface area contributed by atoms with Gasteiger partial charge in [0.1, 0.15) is 6.61 Å². The third-order valence-corrected chi connectivity index (χ3v) is 6.04. The number of rotatable bonds is 6. The van der Waals surface area contributed by atoms with Gasteiger partial charge in [0.25, 0.3) is 5.56 Å². The number of anilines is 1. The van der Waals surface area contributed by atoms with Crippen LogP contribution in [0.1, 0.15) is 60.3 Å². The molecule has 1 N–H and O–H groups in total. The maximum absolute atomic E-state index is 12.9. The third kappa shape index (κ3) is 5.96. The predicted octanol–water partition coefficient (Wildman–Crippen LogP) is 4.75. The van der Waals surface area contributed by atoms with Crippen LogP contribution in [0.15, 0.2) is 35.3 Å². The van der Waals surface area contributed by atoms with Gasteiger partial charge in [-0.05, 0) is 54.2 Å². The van der Waals surface area contributed by atoms with Gasteiger partial charge >= 0.3 is 5.97 Å². The summed E-state index contributed by atoms with van der Waals surface area (Å²) in [4.78, 5) is 36.6. The summed E-state index contributed by atoms with van der Waals surface area (Å²) in [6.07, 6.45) is 5.43. The van der Waals surface area contributed by atoms with E-state index >= 15 is 0 Å². The van der Waals surface area contributed by atoms with Crippen LogP contribution in [-0.2, 0) is 20.9 Å². The maximum atomic E-state index is 12.9. The number of pyridine rings is 1. The molecule has 1 aromatic heterocycles. The number of nitrogens with zero attached hydrogens (tertiary/aromatic N) is 1. The second kappa shape index (κ2) is 8.85. The number of benzene rings is 1. The van der Waals surface area contributed by atoms with Crippen molar-refractivity contribution in [2.45, 2.75) is 66.8 Å². The molecule has 1 aliphatic rings. The van der Waals surface area contributed by atoms with Crippen LogP contribution in [0, 0.1) is 16.7 Å². The van der Waals surface area contributed by atoms with Crippen LogP contribution in [0.5, 0.6) is 0 Å². The van der Waals surface area contributed by atoms with Crippen molar-refractivity contribution in [3.63, 3.8) is 0 Å². The van der Waals surface area contributed by atoms with Crippen LogP contribution >= 0.6 is 0 Å². The molecule has 1 saturated carbocycles. The molecule has 168 valence electrons. The topological polar surface area (TPSA) is 77.4 Å².